The molecule has 2 aromatic carbocycles. The molecule has 0 spiro atoms. The van der Waals surface area contributed by atoms with E-state index >= 15 is 0 Å². The number of hydrazone groups is 1. The van der Waals surface area contributed by atoms with Crippen LogP contribution in [0.4, 0.5) is 5.69 Å². The Morgan fingerprint density at radius 2 is 1.85 bits per heavy atom. The van der Waals surface area contributed by atoms with E-state index in [0.717, 1.165) is 5.56 Å². The normalized spacial score (nSPS) is 11.2. The number of nitro benzene ring substituents is 1. The first-order chi connectivity index (χ1) is 16.4. The van der Waals surface area contributed by atoms with Crippen LogP contribution in [-0.2, 0) is 11.3 Å². The zero-order valence-electron chi connectivity index (χ0n) is 19.1. The smallest absolute Gasteiger partial charge is 0.269 e. The fourth-order valence-electron chi connectivity index (χ4n) is 3.07. The molecule has 0 aliphatic heterocycles. The number of benzene rings is 2. The van der Waals surface area contributed by atoms with Gasteiger partial charge >= 0.3 is 0 Å². The minimum Gasteiger partial charge on any atom is -0.493 e. The third-order valence-corrected chi connectivity index (χ3v) is 5.82. The largest absolute Gasteiger partial charge is 0.493 e. The molecule has 0 unspecified atom stereocenters. The number of non-ortho nitro benzene ring substituents is 1. The van der Waals surface area contributed by atoms with Crippen LogP contribution in [0.5, 0.6) is 11.5 Å². The Morgan fingerprint density at radius 1 is 1.15 bits per heavy atom. The van der Waals surface area contributed by atoms with E-state index in [0.29, 0.717) is 40.3 Å². The Bertz CT molecular complexity index is 1210. The molecule has 0 atom stereocenters. The van der Waals surface area contributed by atoms with Gasteiger partial charge in [0.15, 0.2) is 22.5 Å². The quantitative estimate of drug-likeness (QED) is 0.200. The zero-order valence-corrected chi connectivity index (χ0v) is 20.0. The van der Waals surface area contributed by atoms with E-state index in [1.165, 1.54) is 23.9 Å². The van der Waals surface area contributed by atoms with Crippen molar-refractivity contribution in [1.82, 2.24) is 20.2 Å². The van der Waals surface area contributed by atoms with E-state index in [-0.39, 0.29) is 17.3 Å². The van der Waals surface area contributed by atoms with Gasteiger partial charge in [-0.1, -0.05) is 11.8 Å². The van der Waals surface area contributed by atoms with Crippen molar-refractivity contribution in [2.75, 3.05) is 20.0 Å². The molecule has 0 radical (unpaired) electrons. The number of carbonyl (C=O) groups is 1. The van der Waals surface area contributed by atoms with Crippen LogP contribution < -0.4 is 14.9 Å². The highest BCUT2D eigenvalue weighted by Crippen LogP contribution is 2.32. The maximum Gasteiger partial charge on any atom is 0.269 e. The van der Waals surface area contributed by atoms with Crippen molar-refractivity contribution in [1.29, 1.82) is 0 Å². The van der Waals surface area contributed by atoms with Crippen molar-refractivity contribution in [3.63, 3.8) is 0 Å². The van der Waals surface area contributed by atoms with E-state index in [9.17, 15) is 14.9 Å². The highest BCUT2D eigenvalue weighted by Gasteiger charge is 2.16. The molecule has 1 heterocycles. The molecule has 0 aliphatic rings. The molecular formula is C22H24N6O5S. The molecule has 0 bridgehead atoms. The molecule has 1 amide bonds. The van der Waals surface area contributed by atoms with Gasteiger partial charge < -0.3 is 14.0 Å². The van der Waals surface area contributed by atoms with E-state index in [1.54, 1.807) is 39.3 Å². The van der Waals surface area contributed by atoms with Crippen molar-refractivity contribution in [3.05, 3.63) is 58.1 Å². The summed E-state index contributed by atoms with van der Waals surface area (Å²) in [4.78, 5) is 22.6. The number of amides is 1. The average Bonchev–Trinajstić information content (AvgIpc) is 3.28. The lowest BCUT2D eigenvalue weighted by molar-refractivity contribution is -0.384. The second kappa shape index (κ2) is 11.3. The fourth-order valence-corrected chi connectivity index (χ4v) is 3.86. The van der Waals surface area contributed by atoms with Gasteiger partial charge in [0, 0.05) is 24.2 Å². The van der Waals surface area contributed by atoms with Crippen LogP contribution in [0.2, 0.25) is 0 Å². The maximum atomic E-state index is 12.3. The minimum absolute atomic E-state index is 0.00975. The lowest BCUT2D eigenvalue weighted by Gasteiger charge is -2.10. The summed E-state index contributed by atoms with van der Waals surface area (Å²) in [6.07, 6.45) is 0. The first-order valence-electron chi connectivity index (χ1n) is 10.2. The highest BCUT2D eigenvalue weighted by atomic mass is 32.2. The molecule has 0 saturated heterocycles. The number of ether oxygens (including phenoxy) is 2. The van der Waals surface area contributed by atoms with Crippen LogP contribution in [0.3, 0.4) is 0 Å². The number of nitrogens with zero attached hydrogens (tertiary/aromatic N) is 5. The standard InChI is InChI=1S/C22H24N6O5S/c1-5-27-21(16-8-11-18(32-3)19(12-16)33-4)25-26-22(27)34-13-20(29)24-23-14(2)15-6-9-17(10-7-15)28(30)31/h6-12H,5,13H2,1-4H3,(H,24,29)/b23-14-. The molecule has 0 aliphatic carbocycles. The lowest BCUT2D eigenvalue weighted by Crippen LogP contribution is -2.21. The van der Waals surface area contributed by atoms with Gasteiger partial charge in [-0.3, -0.25) is 14.9 Å². The Balaban J connectivity index is 1.65. The summed E-state index contributed by atoms with van der Waals surface area (Å²) < 4.78 is 12.6. The molecular weight excluding hydrogens is 460 g/mol. The molecule has 0 fully saturated rings. The number of rotatable bonds is 10. The minimum atomic E-state index is -0.471. The van der Waals surface area contributed by atoms with Crippen LogP contribution in [0.25, 0.3) is 11.4 Å². The summed E-state index contributed by atoms with van der Waals surface area (Å²) in [7, 11) is 3.14. The molecule has 3 aromatic rings. The number of nitro groups is 1. The predicted octanol–water partition coefficient (Wildman–Crippen LogP) is 3.52. The van der Waals surface area contributed by atoms with Gasteiger partial charge in [-0.25, -0.2) is 5.43 Å². The molecule has 34 heavy (non-hydrogen) atoms. The highest BCUT2D eigenvalue weighted by molar-refractivity contribution is 7.99. The van der Waals surface area contributed by atoms with Gasteiger partial charge in [0.25, 0.3) is 11.6 Å². The molecule has 178 valence electrons. The summed E-state index contributed by atoms with van der Waals surface area (Å²) in [5, 5.41) is 24.0. The molecule has 3 rings (SSSR count). The Labute approximate surface area is 200 Å². The molecule has 1 N–H and O–H groups in total. The number of hydrogen-bond donors (Lipinski definition) is 1. The second-order valence-corrected chi connectivity index (χ2v) is 7.89. The van der Waals surface area contributed by atoms with E-state index in [4.69, 9.17) is 9.47 Å². The third kappa shape index (κ3) is 5.70. The SMILES string of the molecule is CCn1c(SCC(=O)N/N=C(/C)c2ccc([N+](=O)[O-])cc2)nnc1-c1ccc(OC)c(OC)c1. The first kappa shape index (κ1) is 24.7. The van der Waals surface area contributed by atoms with Crippen LogP contribution in [-0.4, -0.2) is 51.3 Å². The van der Waals surface area contributed by atoms with Gasteiger partial charge in [0.1, 0.15) is 0 Å². The monoisotopic (exact) mass is 484 g/mol. The first-order valence-corrected chi connectivity index (χ1v) is 11.2. The number of hydrogen-bond acceptors (Lipinski definition) is 9. The van der Waals surface area contributed by atoms with Gasteiger partial charge in [-0.05, 0) is 49.7 Å². The van der Waals surface area contributed by atoms with E-state index in [1.807, 2.05) is 23.6 Å². The van der Waals surface area contributed by atoms with Crippen LogP contribution in [0, 0.1) is 10.1 Å². The van der Waals surface area contributed by atoms with Gasteiger partial charge in [-0.2, -0.15) is 5.10 Å². The number of thioether (sulfide) groups is 1. The average molecular weight is 485 g/mol. The van der Waals surface area contributed by atoms with E-state index < -0.39 is 4.92 Å². The summed E-state index contributed by atoms with van der Waals surface area (Å²) >= 11 is 1.24. The third-order valence-electron chi connectivity index (χ3n) is 4.85. The fraction of sp³-hybridized carbons (Fsp3) is 0.273. The Kier molecular flexibility index (Phi) is 8.19. The van der Waals surface area contributed by atoms with Crippen molar-refractivity contribution >= 4 is 29.1 Å². The number of aromatic nitrogens is 3. The summed E-state index contributed by atoms with van der Waals surface area (Å²) in [6, 6.07) is 11.4. The maximum absolute atomic E-state index is 12.3. The van der Waals surface area contributed by atoms with E-state index in [2.05, 4.69) is 20.7 Å². The summed E-state index contributed by atoms with van der Waals surface area (Å²) in [5.41, 5.74) is 4.50. The van der Waals surface area contributed by atoms with Crippen LogP contribution in [0.1, 0.15) is 19.4 Å². The van der Waals surface area contributed by atoms with Crippen molar-refractivity contribution < 1.29 is 19.2 Å². The number of methoxy groups -OCH3 is 2. The molecule has 1 aromatic heterocycles. The van der Waals surface area contributed by atoms with Crippen molar-refractivity contribution in [3.8, 4) is 22.9 Å². The lowest BCUT2D eigenvalue weighted by atomic mass is 10.1. The van der Waals surface area contributed by atoms with Crippen molar-refractivity contribution in [2.24, 2.45) is 5.10 Å². The second-order valence-electron chi connectivity index (χ2n) is 6.95. The molecule has 0 saturated carbocycles. The Morgan fingerprint density at radius 3 is 2.47 bits per heavy atom. The van der Waals surface area contributed by atoms with Gasteiger partial charge in [0.2, 0.25) is 0 Å². The number of nitrogens with one attached hydrogen (secondary N) is 1. The van der Waals surface area contributed by atoms with Crippen LogP contribution >= 0.6 is 11.8 Å². The topological polar surface area (TPSA) is 134 Å². The number of carbonyl (C=O) groups excluding carboxylic acids is 1. The molecule has 11 nitrogen and oxygen atoms in total. The van der Waals surface area contributed by atoms with Gasteiger partial charge in [0.05, 0.1) is 30.6 Å². The van der Waals surface area contributed by atoms with Gasteiger partial charge in [-0.15, -0.1) is 10.2 Å². The predicted molar refractivity (Wildman–Crippen MR) is 128 cm³/mol. The summed E-state index contributed by atoms with van der Waals surface area (Å²) in [5.74, 6) is 1.62. The zero-order chi connectivity index (χ0) is 24.7. The Hall–Kier alpha value is -3.93. The summed E-state index contributed by atoms with van der Waals surface area (Å²) in [6.45, 7) is 4.28. The van der Waals surface area contributed by atoms with Crippen LogP contribution in [0.15, 0.2) is 52.7 Å². The molecule has 12 heteroatoms. The van der Waals surface area contributed by atoms with Crippen molar-refractivity contribution in [2.45, 2.75) is 25.5 Å².